The van der Waals surface area contributed by atoms with Crippen LogP contribution in [0.3, 0.4) is 0 Å². The zero-order valence-corrected chi connectivity index (χ0v) is 32.8. The Morgan fingerprint density at radius 1 is 0.373 bits per heavy atom. The second kappa shape index (κ2) is 14.8. The van der Waals surface area contributed by atoms with Gasteiger partial charge in [0.25, 0.3) is 0 Å². The summed E-state index contributed by atoms with van der Waals surface area (Å²) in [4.78, 5) is 7.34. The Morgan fingerprint density at radius 2 is 0.881 bits per heavy atom. The summed E-state index contributed by atoms with van der Waals surface area (Å²) >= 11 is 1.72. The molecule has 0 amide bonds. The van der Waals surface area contributed by atoms with E-state index in [0.717, 1.165) is 82.0 Å². The van der Waals surface area contributed by atoms with E-state index in [-0.39, 0.29) is 0 Å². The van der Waals surface area contributed by atoms with E-state index >= 15 is 0 Å². The average Bonchev–Trinajstić information content (AvgIpc) is 3.91. The van der Waals surface area contributed by atoms with E-state index in [0.29, 0.717) is 0 Å². The van der Waals surface area contributed by atoms with E-state index in [2.05, 4.69) is 217 Å². The molecule has 0 radical (unpaired) electrons. The van der Waals surface area contributed by atoms with Gasteiger partial charge in [0.05, 0.1) is 10.2 Å². The molecule has 3 nitrogen and oxygen atoms in total. The highest BCUT2D eigenvalue weighted by Crippen LogP contribution is 2.43. The minimum absolute atomic E-state index is 0.846. The van der Waals surface area contributed by atoms with Crippen LogP contribution < -0.4 is 4.90 Å². The molecule has 0 saturated carbocycles. The Labute approximate surface area is 346 Å². The largest absolute Gasteiger partial charge is 0.455 e. The molecule has 11 aromatic rings. The lowest BCUT2D eigenvalue weighted by molar-refractivity contribution is 0.670. The van der Waals surface area contributed by atoms with E-state index in [9.17, 15) is 0 Å². The maximum Gasteiger partial charge on any atom is 0.143 e. The van der Waals surface area contributed by atoms with Crippen molar-refractivity contribution in [2.24, 2.45) is 0 Å². The van der Waals surface area contributed by atoms with Crippen LogP contribution in [0.4, 0.5) is 17.1 Å². The van der Waals surface area contributed by atoms with Crippen molar-refractivity contribution in [1.82, 2.24) is 4.98 Å². The fourth-order valence-corrected chi connectivity index (χ4v) is 9.15. The molecular weight excluding hydrogens is 737 g/mol. The van der Waals surface area contributed by atoms with Crippen LogP contribution in [-0.4, -0.2) is 4.98 Å². The highest BCUT2D eigenvalue weighted by atomic mass is 32.1. The minimum Gasteiger partial charge on any atom is -0.455 e. The van der Waals surface area contributed by atoms with Crippen molar-refractivity contribution in [3.8, 4) is 55.1 Å². The van der Waals surface area contributed by atoms with E-state index in [1.807, 2.05) is 6.07 Å². The van der Waals surface area contributed by atoms with E-state index in [1.54, 1.807) is 11.3 Å². The van der Waals surface area contributed by atoms with Gasteiger partial charge < -0.3 is 9.32 Å². The first-order valence-electron chi connectivity index (χ1n) is 19.9. The normalized spacial score (nSPS) is 11.4. The lowest BCUT2D eigenvalue weighted by Crippen LogP contribution is -2.10. The van der Waals surface area contributed by atoms with Crippen LogP contribution in [0.1, 0.15) is 0 Å². The molecule has 0 bridgehead atoms. The van der Waals surface area contributed by atoms with Crippen LogP contribution in [-0.2, 0) is 0 Å². The Hall–Kier alpha value is -7.53. The summed E-state index contributed by atoms with van der Waals surface area (Å²) < 4.78 is 7.84. The fourth-order valence-electron chi connectivity index (χ4n) is 8.16. The third-order valence-electron chi connectivity index (χ3n) is 11.1. The number of anilines is 3. The van der Waals surface area contributed by atoms with Crippen LogP contribution in [0.15, 0.2) is 223 Å². The van der Waals surface area contributed by atoms with Crippen LogP contribution in [0.2, 0.25) is 0 Å². The van der Waals surface area contributed by atoms with Crippen LogP contribution >= 0.6 is 11.3 Å². The van der Waals surface area contributed by atoms with Gasteiger partial charge in [0.15, 0.2) is 0 Å². The van der Waals surface area contributed by atoms with Gasteiger partial charge in [0, 0.05) is 45.0 Å². The predicted molar refractivity (Wildman–Crippen MR) is 249 cm³/mol. The van der Waals surface area contributed by atoms with Crippen molar-refractivity contribution < 1.29 is 4.42 Å². The number of benzene rings is 9. The van der Waals surface area contributed by atoms with Crippen molar-refractivity contribution in [3.05, 3.63) is 218 Å². The van der Waals surface area contributed by atoms with Gasteiger partial charge in [0.2, 0.25) is 0 Å². The van der Waals surface area contributed by atoms with Crippen molar-refractivity contribution in [2.75, 3.05) is 4.90 Å². The quantitative estimate of drug-likeness (QED) is 0.154. The first-order valence-corrected chi connectivity index (χ1v) is 20.7. The Morgan fingerprint density at radius 3 is 1.46 bits per heavy atom. The first-order chi connectivity index (χ1) is 29.2. The molecular formula is C55H36N2OS. The van der Waals surface area contributed by atoms with Crippen molar-refractivity contribution >= 4 is 60.6 Å². The highest BCUT2D eigenvalue weighted by Gasteiger charge is 2.19. The Balaban J connectivity index is 1.02. The molecule has 59 heavy (non-hydrogen) atoms. The SMILES string of the molecule is c1ccc(-c2ccc(N(c3ccc(-c4cccc5c4oc4cc6nc(-c7ccccc7)sc6cc45)cc3)c3cc(-c4ccccc4)cc(-c4ccccc4)c3)cc2)cc1. The molecule has 278 valence electrons. The first kappa shape index (κ1) is 34.7. The van der Waals surface area contributed by atoms with Gasteiger partial charge in [0.1, 0.15) is 16.2 Å². The number of para-hydroxylation sites is 1. The molecule has 0 aliphatic heterocycles. The summed E-state index contributed by atoms with van der Waals surface area (Å²) in [6.45, 7) is 0. The smallest absolute Gasteiger partial charge is 0.143 e. The van der Waals surface area contributed by atoms with Crippen molar-refractivity contribution in [1.29, 1.82) is 0 Å². The van der Waals surface area contributed by atoms with Crippen molar-refractivity contribution in [3.63, 3.8) is 0 Å². The number of fused-ring (bicyclic) bond motifs is 4. The summed E-state index contributed by atoms with van der Waals surface area (Å²) in [6.07, 6.45) is 0. The predicted octanol–water partition coefficient (Wildman–Crippen LogP) is 16.0. The average molecular weight is 773 g/mol. The third kappa shape index (κ3) is 6.56. The van der Waals surface area contributed by atoms with Gasteiger partial charge in [-0.1, -0.05) is 164 Å². The second-order valence-electron chi connectivity index (χ2n) is 14.8. The molecule has 0 spiro atoms. The standard InChI is InChI=1S/C55H36N2OS/c1-5-14-37(15-6-1)40-24-28-45(29-25-40)57(47-33-43(38-16-7-2-8-17-38)32-44(34-47)39-18-9-3-10-19-39)46-30-26-41(27-31-46)48-22-13-23-49-50-35-53-51(36-52(50)58-54(48)49)56-55(59-53)42-20-11-4-12-21-42/h1-36H. The lowest BCUT2D eigenvalue weighted by Gasteiger charge is -2.27. The number of aromatic nitrogens is 1. The molecule has 0 aliphatic carbocycles. The molecule has 2 aromatic heterocycles. The van der Waals surface area contributed by atoms with Gasteiger partial charge >= 0.3 is 0 Å². The summed E-state index contributed by atoms with van der Waals surface area (Å²) in [6, 6.07) is 77.7. The molecule has 0 unspecified atom stereocenters. The van der Waals surface area contributed by atoms with Gasteiger partial charge in [-0.2, -0.15) is 0 Å². The second-order valence-corrected chi connectivity index (χ2v) is 15.8. The van der Waals surface area contributed by atoms with Crippen LogP contribution in [0.25, 0.3) is 87.2 Å². The van der Waals surface area contributed by atoms with Crippen LogP contribution in [0, 0.1) is 0 Å². The molecule has 0 aliphatic rings. The van der Waals surface area contributed by atoms with Crippen LogP contribution in [0.5, 0.6) is 0 Å². The monoisotopic (exact) mass is 772 g/mol. The number of furan rings is 1. The van der Waals surface area contributed by atoms with Gasteiger partial charge in [-0.15, -0.1) is 11.3 Å². The topological polar surface area (TPSA) is 29.3 Å². The fraction of sp³-hybridized carbons (Fsp3) is 0. The molecule has 0 N–H and O–H groups in total. The number of hydrogen-bond donors (Lipinski definition) is 0. The maximum atomic E-state index is 6.69. The van der Waals surface area contributed by atoms with E-state index < -0.39 is 0 Å². The summed E-state index contributed by atoms with van der Waals surface area (Å²) in [7, 11) is 0. The summed E-state index contributed by atoms with van der Waals surface area (Å²) in [5, 5.41) is 3.22. The number of thiazole rings is 1. The molecule has 2 heterocycles. The van der Waals surface area contributed by atoms with E-state index in [1.165, 1.54) is 22.3 Å². The van der Waals surface area contributed by atoms with Gasteiger partial charge in [-0.3, -0.25) is 0 Å². The molecule has 9 aromatic carbocycles. The molecule has 0 saturated heterocycles. The van der Waals surface area contributed by atoms with Gasteiger partial charge in [-0.25, -0.2) is 4.98 Å². The summed E-state index contributed by atoms with van der Waals surface area (Å²) in [5.41, 5.74) is 16.2. The van der Waals surface area contributed by atoms with E-state index in [4.69, 9.17) is 9.40 Å². The molecule has 0 fully saturated rings. The molecule has 4 heteroatoms. The minimum atomic E-state index is 0.846. The lowest BCUT2D eigenvalue weighted by atomic mass is 9.97. The third-order valence-corrected chi connectivity index (χ3v) is 12.2. The number of hydrogen-bond acceptors (Lipinski definition) is 4. The van der Waals surface area contributed by atoms with Crippen molar-refractivity contribution in [2.45, 2.75) is 0 Å². The Bertz CT molecular complexity index is 3170. The molecule has 0 atom stereocenters. The Kier molecular flexibility index (Phi) is 8.68. The van der Waals surface area contributed by atoms with Gasteiger partial charge in [-0.05, 0) is 87.5 Å². The maximum absolute atomic E-state index is 6.69. The zero-order chi connectivity index (χ0) is 39.1. The summed E-state index contributed by atoms with van der Waals surface area (Å²) in [5.74, 6) is 0. The highest BCUT2D eigenvalue weighted by molar-refractivity contribution is 7.21. The zero-order valence-electron chi connectivity index (χ0n) is 32.0. The molecule has 11 rings (SSSR count). The number of nitrogens with zero attached hydrogens (tertiary/aromatic N) is 2. The number of rotatable bonds is 8.